The van der Waals surface area contributed by atoms with Crippen molar-refractivity contribution < 1.29 is 18.9 Å². The van der Waals surface area contributed by atoms with Gasteiger partial charge in [0.25, 0.3) is 5.91 Å². The zero-order valence-corrected chi connectivity index (χ0v) is 19.7. The molecule has 9 nitrogen and oxygen atoms in total. The predicted molar refractivity (Wildman–Crippen MR) is 123 cm³/mol. The molecular formula is C21H26BN5O4S. The monoisotopic (exact) mass is 455 g/mol. The third kappa shape index (κ3) is 4.89. The first-order valence-corrected chi connectivity index (χ1v) is 11.0. The van der Waals surface area contributed by atoms with E-state index in [0.29, 0.717) is 5.76 Å². The van der Waals surface area contributed by atoms with Gasteiger partial charge in [0.2, 0.25) is 11.3 Å². The lowest BCUT2D eigenvalue weighted by Crippen LogP contribution is -2.28. The van der Waals surface area contributed by atoms with Crippen LogP contribution in [-0.2, 0) is 0 Å². The van der Waals surface area contributed by atoms with Gasteiger partial charge in [-0.15, -0.1) is 4.37 Å². The van der Waals surface area contributed by atoms with Crippen LogP contribution in [0.2, 0.25) is 0 Å². The van der Waals surface area contributed by atoms with Crippen molar-refractivity contribution in [3.63, 3.8) is 0 Å². The zero-order chi connectivity index (χ0) is 23.8. The molecule has 1 unspecified atom stereocenters. The summed E-state index contributed by atoms with van der Waals surface area (Å²) in [6.45, 7) is 7.90. The summed E-state index contributed by atoms with van der Waals surface area (Å²) >= 11 is -1.75. The van der Waals surface area contributed by atoms with Crippen molar-refractivity contribution in [2.24, 2.45) is 10.4 Å². The highest BCUT2D eigenvalue weighted by molar-refractivity contribution is 7.13. The molecule has 11 heteroatoms. The quantitative estimate of drug-likeness (QED) is 0.308. The number of H-pyrrole nitrogens is 1. The number of hydrogen-bond acceptors (Lipinski definition) is 7. The Kier molecular flexibility index (Phi) is 6.52. The smallest absolute Gasteiger partial charge is 0.256 e. The molecule has 2 atom stereocenters. The first-order valence-electron chi connectivity index (χ1n) is 9.90. The molecule has 3 N–H and O–H groups in total. The Hall–Kier alpha value is -3.05. The van der Waals surface area contributed by atoms with E-state index in [0.717, 1.165) is 5.76 Å². The van der Waals surface area contributed by atoms with Crippen LogP contribution in [0.3, 0.4) is 0 Å². The average Bonchev–Trinajstić information content (AvgIpc) is 3.26. The molecule has 0 saturated carbocycles. The lowest BCUT2D eigenvalue weighted by molar-refractivity contribution is 0.0826. The van der Waals surface area contributed by atoms with E-state index in [-0.39, 0.29) is 39.2 Å². The van der Waals surface area contributed by atoms with Crippen molar-refractivity contribution in [3.8, 4) is 5.75 Å². The van der Waals surface area contributed by atoms with Crippen molar-refractivity contribution in [2.45, 2.75) is 33.7 Å². The number of nitrogens with zero attached hydrogens (tertiary/aromatic N) is 3. The molecule has 1 aromatic carbocycles. The van der Waals surface area contributed by atoms with Crippen LogP contribution in [0.5, 0.6) is 5.75 Å². The highest BCUT2D eigenvalue weighted by Gasteiger charge is 2.29. The molecule has 0 spiro atoms. The molecule has 0 bridgehead atoms. The Morgan fingerprint density at radius 3 is 2.59 bits per heavy atom. The maximum atomic E-state index is 12.4. The van der Waals surface area contributed by atoms with E-state index < -0.39 is 23.1 Å². The Balaban J connectivity index is 2.08. The summed E-state index contributed by atoms with van der Waals surface area (Å²) in [5.74, 6) is 0.792. The highest BCUT2D eigenvalue weighted by Crippen LogP contribution is 2.37. The molecule has 3 aromatic rings. The van der Waals surface area contributed by atoms with Gasteiger partial charge in [-0.3, -0.25) is 4.79 Å². The molecule has 2 radical (unpaired) electrons. The van der Waals surface area contributed by atoms with E-state index in [1.807, 2.05) is 39.8 Å². The number of anilines is 2. The molecular weight excluding hydrogens is 429 g/mol. The predicted octanol–water partition coefficient (Wildman–Crippen LogP) is 2.67. The number of hydrogen-bond donors (Lipinski definition) is 3. The first kappa shape index (κ1) is 23.6. The zero-order valence-electron chi connectivity index (χ0n) is 18.9. The first-order chi connectivity index (χ1) is 14.9. The van der Waals surface area contributed by atoms with Crippen molar-refractivity contribution in [3.05, 3.63) is 46.8 Å². The summed E-state index contributed by atoms with van der Waals surface area (Å²) < 4.78 is 24.7. The van der Waals surface area contributed by atoms with Crippen LogP contribution in [0.1, 0.15) is 48.7 Å². The minimum absolute atomic E-state index is 0.0372. The van der Waals surface area contributed by atoms with E-state index in [9.17, 15) is 14.5 Å². The number of benzene rings is 1. The van der Waals surface area contributed by atoms with Gasteiger partial charge in [-0.25, -0.2) is 4.99 Å². The number of phenolic OH excluding ortho intramolecular Hbond substituents is 1. The van der Waals surface area contributed by atoms with E-state index >= 15 is 0 Å². The van der Waals surface area contributed by atoms with Crippen LogP contribution in [-0.4, -0.2) is 51.2 Å². The molecule has 2 aromatic heterocycles. The largest absolute Gasteiger partial charge is 0.548 e. The van der Waals surface area contributed by atoms with Gasteiger partial charge in [-0.2, -0.15) is 0 Å². The topological polar surface area (TPSA) is 130 Å². The van der Waals surface area contributed by atoms with Crippen LogP contribution >= 0.6 is 11.1 Å². The fourth-order valence-corrected chi connectivity index (χ4v) is 3.80. The van der Waals surface area contributed by atoms with Gasteiger partial charge in [0.15, 0.2) is 16.9 Å². The summed E-state index contributed by atoms with van der Waals surface area (Å²) in [7, 11) is 9.02. The van der Waals surface area contributed by atoms with Gasteiger partial charge in [0.1, 0.15) is 25.4 Å². The SMILES string of the molecule is [B]c1ccc(Nc2n[s+]([O-])[nH]c2=N[C@@H](c2ccc(C)o2)C(C)(C)C)c(O)c1C(=O)N(C)C. The van der Waals surface area contributed by atoms with E-state index in [1.54, 1.807) is 14.1 Å². The molecule has 1 amide bonds. The van der Waals surface area contributed by atoms with Crippen LogP contribution in [0.15, 0.2) is 33.7 Å². The summed E-state index contributed by atoms with van der Waals surface area (Å²) in [4.78, 5) is 18.5. The number of aromatic nitrogens is 2. The van der Waals surface area contributed by atoms with Gasteiger partial charge in [0.05, 0.1) is 11.3 Å². The normalized spacial score (nSPS) is 13.8. The maximum Gasteiger partial charge on any atom is 0.256 e. The molecule has 0 saturated heterocycles. The second-order valence-electron chi connectivity index (χ2n) is 8.74. The Bertz CT molecular complexity index is 1210. The van der Waals surface area contributed by atoms with Crippen molar-refractivity contribution >= 4 is 41.9 Å². The second-order valence-corrected chi connectivity index (χ2v) is 9.62. The molecule has 0 aliphatic heterocycles. The minimum atomic E-state index is -1.75. The number of nitrogens with one attached hydrogen (secondary N) is 2. The third-order valence-corrected chi connectivity index (χ3v) is 5.49. The number of carbonyl (C=O) groups is 1. The van der Waals surface area contributed by atoms with Gasteiger partial charge >= 0.3 is 0 Å². The van der Waals surface area contributed by atoms with E-state index in [1.165, 1.54) is 17.0 Å². The van der Waals surface area contributed by atoms with Crippen molar-refractivity contribution in [2.75, 3.05) is 19.4 Å². The van der Waals surface area contributed by atoms with Crippen LogP contribution < -0.4 is 16.3 Å². The number of rotatable bonds is 5. The Labute approximate surface area is 190 Å². The van der Waals surface area contributed by atoms with E-state index in [4.69, 9.17) is 17.3 Å². The van der Waals surface area contributed by atoms with Gasteiger partial charge in [0, 0.05) is 18.5 Å². The standard InChI is InChI=1S/C21H26BN5O4S/c1-11-7-10-14(31-11)17(21(2,3)4)24-19-18(25-32(30)26-19)23-13-9-8-12(22)15(16(13)28)20(29)27(5)6/h7-10,17,28H,1-6H3,(H,23,25)(H,24,26)/t17-,32?/m0/s1. The summed E-state index contributed by atoms with van der Waals surface area (Å²) in [5, 5.41) is 13.6. The number of carbonyl (C=O) groups excluding carboxylic acids is 1. The fraction of sp³-hybridized carbons (Fsp3) is 0.381. The average molecular weight is 455 g/mol. The van der Waals surface area contributed by atoms with Crippen molar-refractivity contribution in [1.82, 2.24) is 13.6 Å². The van der Waals surface area contributed by atoms with Gasteiger partial charge in [-0.1, -0.05) is 32.3 Å². The number of furan rings is 1. The van der Waals surface area contributed by atoms with Gasteiger partial charge < -0.3 is 24.3 Å². The van der Waals surface area contributed by atoms with Crippen LogP contribution in [0.25, 0.3) is 0 Å². The van der Waals surface area contributed by atoms with Crippen molar-refractivity contribution in [1.29, 1.82) is 0 Å². The van der Waals surface area contributed by atoms with E-state index in [2.05, 4.69) is 14.1 Å². The van der Waals surface area contributed by atoms with Gasteiger partial charge in [-0.05, 0) is 30.5 Å². The molecule has 32 heavy (non-hydrogen) atoms. The number of aryl methyl sites for hydroxylation is 1. The number of phenols is 1. The molecule has 0 fully saturated rings. The molecule has 3 rings (SSSR count). The van der Waals surface area contributed by atoms with Crippen LogP contribution in [0, 0.1) is 12.3 Å². The summed E-state index contributed by atoms with van der Waals surface area (Å²) in [6.07, 6.45) is 0. The molecule has 2 heterocycles. The summed E-state index contributed by atoms with van der Waals surface area (Å²) in [5.41, 5.74) is 0.205. The number of aromatic hydroxyl groups is 1. The molecule has 0 aliphatic rings. The lowest BCUT2D eigenvalue weighted by atomic mass is 9.86. The minimum Gasteiger partial charge on any atom is -0.548 e. The fourth-order valence-electron chi connectivity index (χ4n) is 3.15. The molecule has 168 valence electrons. The molecule has 0 aliphatic carbocycles. The summed E-state index contributed by atoms with van der Waals surface area (Å²) in [6, 6.07) is 6.33. The Morgan fingerprint density at radius 1 is 1.34 bits per heavy atom. The maximum absolute atomic E-state index is 12.4. The number of amides is 1. The third-order valence-electron chi connectivity index (χ3n) is 4.77. The number of aromatic amines is 1. The van der Waals surface area contributed by atoms with Crippen LogP contribution in [0.4, 0.5) is 11.5 Å². The lowest BCUT2D eigenvalue weighted by Gasteiger charge is -2.25. The second kappa shape index (κ2) is 8.83. The highest BCUT2D eigenvalue weighted by atomic mass is 32.2. The Morgan fingerprint density at radius 2 is 2.03 bits per heavy atom.